The van der Waals surface area contributed by atoms with E-state index < -0.39 is 0 Å². The predicted octanol–water partition coefficient (Wildman–Crippen LogP) is 1.91. The van der Waals surface area contributed by atoms with E-state index in [-0.39, 0.29) is 0 Å². The molecule has 1 aromatic rings. The van der Waals surface area contributed by atoms with Crippen molar-refractivity contribution in [3.8, 4) is 11.5 Å². The molecule has 3 rings (SSSR count). The molecule has 0 aromatic heterocycles. The van der Waals surface area contributed by atoms with Crippen molar-refractivity contribution < 1.29 is 9.47 Å². The second-order valence-electron chi connectivity index (χ2n) is 5.62. The molecular formula is C15H22N2O2. The molecule has 0 radical (unpaired) electrons. The predicted molar refractivity (Wildman–Crippen MR) is 74.7 cm³/mol. The zero-order valence-electron chi connectivity index (χ0n) is 11.7. The average Bonchev–Trinajstić information content (AvgIpc) is 3.00. The van der Waals surface area contributed by atoms with Crippen molar-refractivity contribution in [1.29, 1.82) is 0 Å². The minimum Gasteiger partial charge on any atom is -0.454 e. The van der Waals surface area contributed by atoms with Gasteiger partial charge in [0, 0.05) is 19.1 Å². The summed E-state index contributed by atoms with van der Waals surface area (Å²) in [5, 5.41) is 3.54. The molecule has 0 amide bonds. The van der Waals surface area contributed by atoms with Gasteiger partial charge in [0.2, 0.25) is 6.79 Å². The summed E-state index contributed by atoms with van der Waals surface area (Å²) in [7, 11) is 2.18. The van der Waals surface area contributed by atoms with Gasteiger partial charge in [-0.3, -0.25) is 0 Å². The van der Waals surface area contributed by atoms with E-state index in [0.29, 0.717) is 12.8 Å². The first-order valence-electron chi connectivity index (χ1n) is 7.03. The Morgan fingerprint density at radius 3 is 2.84 bits per heavy atom. The third-order valence-electron chi connectivity index (χ3n) is 3.97. The molecule has 2 aliphatic heterocycles. The van der Waals surface area contributed by atoms with Gasteiger partial charge in [-0.2, -0.15) is 0 Å². The Balaban J connectivity index is 1.65. The molecule has 1 unspecified atom stereocenters. The maximum absolute atomic E-state index is 5.46. The zero-order valence-corrected chi connectivity index (χ0v) is 11.7. The third kappa shape index (κ3) is 2.85. The third-order valence-corrected chi connectivity index (χ3v) is 3.97. The van der Waals surface area contributed by atoms with Crippen LogP contribution in [0.1, 0.15) is 24.0 Å². The quantitative estimate of drug-likeness (QED) is 0.898. The molecule has 0 saturated carbocycles. The van der Waals surface area contributed by atoms with Gasteiger partial charge in [0.05, 0.1) is 0 Å². The van der Waals surface area contributed by atoms with Gasteiger partial charge in [0.1, 0.15) is 0 Å². The van der Waals surface area contributed by atoms with Gasteiger partial charge in [0.15, 0.2) is 11.5 Å². The summed E-state index contributed by atoms with van der Waals surface area (Å²) in [5.74, 6) is 1.76. The Kier molecular flexibility index (Phi) is 3.62. The van der Waals surface area contributed by atoms with E-state index in [4.69, 9.17) is 9.47 Å². The van der Waals surface area contributed by atoms with E-state index in [1.807, 2.05) is 0 Å². The van der Waals surface area contributed by atoms with Crippen molar-refractivity contribution in [2.24, 2.45) is 0 Å². The molecule has 0 spiro atoms. The molecule has 4 nitrogen and oxygen atoms in total. The van der Waals surface area contributed by atoms with E-state index >= 15 is 0 Å². The highest BCUT2D eigenvalue weighted by atomic mass is 16.7. The molecule has 0 aliphatic carbocycles. The topological polar surface area (TPSA) is 33.7 Å². The van der Waals surface area contributed by atoms with E-state index in [0.717, 1.165) is 24.6 Å². The maximum Gasteiger partial charge on any atom is 0.231 e. The number of ether oxygens (including phenoxy) is 2. The summed E-state index contributed by atoms with van der Waals surface area (Å²) in [5.41, 5.74) is 2.60. The largest absolute Gasteiger partial charge is 0.454 e. The first-order valence-corrected chi connectivity index (χ1v) is 7.03. The van der Waals surface area contributed by atoms with Crippen LogP contribution in [-0.4, -0.2) is 37.9 Å². The molecule has 104 valence electrons. The lowest BCUT2D eigenvalue weighted by atomic mass is 10.1. The van der Waals surface area contributed by atoms with Crippen LogP contribution >= 0.6 is 0 Å². The molecule has 1 N–H and O–H groups in total. The smallest absolute Gasteiger partial charge is 0.231 e. The van der Waals surface area contributed by atoms with Crippen LogP contribution in [0.2, 0.25) is 0 Å². The number of aryl methyl sites for hydroxylation is 1. The minimum atomic E-state index is 0.347. The van der Waals surface area contributed by atoms with E-state index in [1.165, 1.54) is 30.5 Å². The van der Waals surface area contributed by atoms with Gasteiger partial charge >= 0.3 is 0 Å². The van der Waals surface area contributed by atoms with Gasteiger partial charge in [-0.05, 0) is 56.6 Å². The van der Waals surface area contributed by atoms with Crippen LogP contribution in [-0.2, 0) is 6.54 Å². The summed E-state index contributed by atoms with van der Waals surface area (Å²) < 4.78 is 10.9. The first kappa shape index (κ1) is 12.8. The van der Waals surface area contributed by atoms with Crippen LogP contribution in [0, 0.1) is 6.92 Å². The van der Waals surface area contributed by atoms with Gasteiger partial charge in [-0.15, -0.1) is 0 Å². The second-order valence-corrected chi connectivity index (χ2v) is 5.62. The molecule has 19 heavy (non-hydrogen) atoms. The fraction of sp³-hybridized carbons (Fsp3) is 0.600. The fourth-order valence-corrected chi connectivity index (χ4v) is 2.90. The van der Waals surface area contributed by atoms with Crippen LogP contribution in [0.15, 0.2) is 12.1 Å². The Bertz CT molecular complexity index is 456. The molecule has 1 saturated heterocycles. The minimum absolute atomic E-state index is 0.347. The Morgan fingerprint density at radius 2 is 2.11 bits per heavy atom. The monoisotopic (exact) mass is 262 g/mol. The second kappa shape index (κ2) is 5.39. The Labute approximate surface area is 114 Å². The van der Waals surface area contributed by atoms with Crippen molar-refractivity contribution in [3.05, 3.63) is 23.3 Å². The van der Waals surface area contributed by atoms with Gasteiger partial charge < -0.3 is 19.7 Å². The van der Waals surface area contributed by atoms with Crippen molar-refractivity contribution in [2.45, 2.75) is 32.4 Å². The number of nitrogens with zero attached hydrogens (tertiary/aromatic N) is 1. The van der Waals surface area contributed by atoms with E-state index in [2.05, 4.69) is 36.3 Å². The first-order chi connectivity index (χ1) is 9.22. The van der Waals surface area contributed by atoms with E-state index in [9.17, 15) is 0 Å². The van der Waals surface area contributed by atoms with Crippen LogP contribution in [0.3, 0.4) is 0 Å². The number of rotatable bonds is 4. The van der Waals surface area contributed by atoms with Crippen LogP contribution in [0.5, 0.6) is 11.5 Å². The Morgan fingerprint density at radius 1 is 1.32 bits per heavy atom. The lowest BCUT2D eigenvalue weighted by Gasteiger charge is -2.22. The molecular weight excluding hydrogens is 240 g/mol. The van der Waals surface area contributed by atoms with Crippen LogP contribution < -0.4 is 14.8 Å². The summed E-state index contributed by atoms with van der Waals surface area (Å²) in [6, 6.07) is 4.86. The normalized spacial score (nSPS) is 21.3. The van der Waals surface area contributed by atoms with Crippen molar-refractivity contribution >= 4 is 0 Å². The van der Waals surface area contributed by atoms with Crippen molar-refractivity contribution in [1.82, 2.24) is 10.2 Å². The molecule has 4 heteroatoms. The number of hydrogen-bond acceptors (Lipinski definition) is 4. The highest BCUT2D eigenvalue weighted by Crippen LogP contribution is 2.34. The highest BCUT2D eigenvalue weighted by molar-refractivity contribution is 5.48. The van der Waals surface area contributed by atoms with Crippen LogP contribution in [0.4, 0.5) is 0 Å². The maximum atomic E-state index is 5.46. The van der Waals surface area contributed by atoms with Crippen molar-refractivity contribution in [2.75, 3.05) is 26.9 Å². The Hall–Kier alpha value is -1.26. The molecule has 1 fully saturated rings. The van der Waals surface area contributed by atoms with Crippen LogP contribution in [0.25, 0.3) is 0 Å². The van der Waals surface area contributed by atoms with Gasteiger partial charge in [0.25, 0.3) is 0 Å². The van der Waals surface area contributed by atoms with Crippen molar-refractivity contribution in [3.63, 3.8) is 0 Å². The zero-order chi connectivity index (χ0) is 13.2. The number of likely N-dealkylation sites (N-methyl/N-ethyl adjacent to an activating group) is 1. The molecule has 2 heterocycles. The SMILES string of the molecule is Cc1cc2c(cc1CN(C)CC1CCCN1)OCO2. The standard InChI is InChI=1S/C15H22N2O2/c1-11-6-14-15(19-10-18-14)7-12(11)8-17(2)9-13-4-3-5-16-13/h6-7,13,16H,3-5,8-10H2,1-2H3. The molecule has 0 bridgehead atoms. The summed E-state index contributed by atoms with van der Waals surface area (Å²) in [6.45, 7) is 5.72. The fourth-order valence-electron chi connectivity index (χ4n) is 2.90. The lowest BCUT2D eigenvalue weighted by molar-refractivity contribution is 0.174. The average molecular weight is 262 g/mol. The number of benzene rings is 1. The molecule has 2 aliphatic rings. The molecule has 1 aromatic carbocycles. The summed E-state index contributed by atoms with van der Waals surface area (Å²) in [6.07, 6.45) is 2.60. The number of nitrogens with one attached hydrogen (secondary N) is 1. The highest BCUT2D eigenvalue weighted by Gasteiger charge is 2.19. The summed E-state index contributed by atoms with van der Waals surface area (Å²) >= 11 is 0. The molecule has 1 atom stereocenters. The lowest BCUT2D eigenvalue weighted by Crippen LogP contribution is -2.35. The number of hydrogen-bond donors (Lipinski definition) is 1. The number of fused-ring (bicyclic) bond motifs is 1. The summed E-state index contributed by atoms with van der Waals surface area (Å²) in [4.78, 5) is 2.38. The van der Waals surface area contributed by atoms with Gasteiger partial charge in [-0.25, -0.2) is 0 Å². The van der Waals surface area contributed by atoms with E-state index in [1.54, 1.807) is 0 Å². The van der Waals surface area contributed by atoms with Gasteiger partial charge in [-0.1, -0.05) is 0 Å².